The molecule has 3 nitrogen and oxygen atoms in total. The van der Waals surface area contributed by atoms with Crippen LogP contribution in [-0.2, 0) is 16.0 Å². The lowest BCUT2D eigenvalue weighted by molar-refractivity contribution is -0.119. The van der Waals surface area contributed by atoms with Gasteiger partial charge >= 0.3 is 0 Å². The first-order chi connectivity index (χ1) is 8.33. The largest absolute Gasteiger partial charge is 0.378 e. The summed E-state index contributed by atoms with van der Waals surface area (Å²) in [5, 5.41) is 0. The van der Waals surface area contributed by atoms with Crippen LogP contribution in [-0.4, -0.2) is 31.5 Å². The molecular weight excluding hydrogens is 238 g/mol. The monoisotopic (exact) mass is 253 g/mol. The average molecular weight is 254 g/mol. The summed E-state index contributed by atoms with van der Waals surface area (Å²) in [6, 6.07) is 8.04. The number of carbonyl (C=O) groups excluding carboxylic acids is 1. The lowest BCUT2D eigenvalue weighted by atomic mass is 10.0. The number of hydrogen-bond donors (Lipinski definition) is 0. The molecule has 0 fully saturated rings. The normalized spacial score (nSPS) is 14.9. The minimum absolute atomic E-state index is 0.179. The lowest BCUT2D eigenvalue weighted by Crippen LogP contribution is -2.37. The molecule has 2 rings (SSSR count). The summed E-state index contributed by atoms with van der Waals surface area (Å²) in [6.45, 7) is 1.67. The Kier molecular flexibility index (Phi) is 4.40. The fraction of sp³-hybridized carbons (Fsp3) is 0.462. The molecule has 0 atom stereocenters. The summed E-state index contributed by atoms with van der Waals surface area (Å²) in [5.41, 5.74) is 2.27. The summed E-state index contributed by atoms with van der Waals surface area (Å²) >= 11 is 5.53. The van der Waals surface area contributed by atoms with Crippen LogP contribution in [0.1, 0.15) is 12.0 Å². The van der Waals surface area contributed by atoms with Crippen molar-refractivity contribution in [3.8, 4) is 0 Å². The average Bonchev–Trinajstić information content (AvgIpc) is 2.37. The Morgan fingerprint density at radius 3 is 2.88 bits per heavy atom. The van der Waals surface area contributed by atoms with Crippen LogP contribution in [0.4, 0.5) is 5.69 Å². The van der Waals surface area contributed by atoms with Crippen LogP contribution in [0.3, 0.4) is 0 Å². The molecule has 1 amide bonds. The van der Waals surface area contributed by atoms with Crippen LogP contribution < -0.4 is 4.90 Å². The first kappa shape index (κ1) is 12.4. The number of aryl methyl sites for hydroxylation is 1. The molecule has 92 valence electrons. The molecule has 0 aliphatic carbocycles. The van der Waals surface area contributed by atoms with Gasteiger partial charge in [0.15, 0.2) is 0 Å². The van der Waals surface area contributed by atoms with E-state index in [1.165, 1.54) is 5.56 Å². The Morgan fingerprint density at radius 2 is 2.06 bits per heavy atom. The fourth-order valence-corrected chi connectivity index (χ4v) is 2.16. The van der Waals surface area contributed by atoms with Gasteiger partial charge in [0, 0.05) is 24.5 Å². The van der Waals surface area contributed by atoms with E-state index in [0.717, 1.165) is 12.1 Å². The molecule has 17 heavy (non-hydrogen) atoms. The van der Waals surface area contributed by atoms with Gasteiger partial charge in [-0.25, -0.2) is 0 Å². The highest BCUT2D eigenvalue weighted by Gasteiger charge is 2.22. The second kappa shape index (κ2) is 6.03. The molecule has 1 aliphatic heterocycles. The van der Waals surface area contributed by atoms with Crippen LogP contribution in [0.15, 0.2) is 24.3 Å². The molecule has 1 aromatic rings. The number of para-hydroxylation sites is 1. The molecule has 0 unspecified atom stereocenters. The fourth-order valence-electron chi connectivity index (χ4n) is 2.05. The van der Waals surface area contributed by atoms with Gasteiger partial charge in [0.2, 0.25) is 5.91 Å². The van der Waals surface area contributed by atoms with Gasteiger partial charge in [-0.15, -0.1) is 11.6 Å². The summed E-state index contributed by atoms with van der Waals surface area (Å²) in [4.78, 5) is 13.7. The number of nitrogens with zero attached hydrogens (tertiary/aromatic N) is 1. The Bertz CT molecular complexity index is 395. The Labute approximate surface area is 106 Å². The van der Waals surface area contributed by atoms with Crippen LogP contribution in [0.2, 0.25) is 0 Å². The molecule has 0 N–H and O–H groups in total. The highest BCUT2D eigenvalue weighted by molar-refractivity contribution is 6.17. The van der Waals surface area contributed by atoms with Crippen molar-refractivity contribution in [3.63, 3.8) is 0 Å². The van der Waals surface area contributed by atoms with Crippen LogP contribution in [0.25, 0.3) is 0 Å². The number of alkyl halides is 1. The molecule has 4 heteroatoms. The number of halogens is 1. The molecular formula is C13H16ClNO2. The third-order valence-electron chi connectivity index (χ3n) is 2.87. The Morgan fingerprint density at radius 1 is 1.24 bits per heavy atom. The van der Waals surface area contributed by atoms with Gasteiger partial charge in [0.25, 0.3) is 0 Å². The van der Waals surface area contributed by atoms with Crippen molar-refractivity contribution in [2.45, 2.75) is 12.8 Å². The third-order valence-corrected chi connectivity index (χ3v) is 3.03. The topological polar surface area (TPSA) is 29.5 Å². The minimum Gasteiger partial charge on any atom is -0.378 e. The zero-order chi connectivity index (χ0) is 12.1. The van der Waals surface area contributed by atoms with Gasteiger partial charge in [-0.3, -0.25) is 4.79 Å². The maximum Gasteiger partial charge on any atom is 0.227 e. The van der Waals surface area contributed by atoms with E-state index in [4.69, 9.17) is 16.3 Å². The number of hydrogen-bond acceptors (Lipinski definition) is 2. The van der Waals surface area contributed by atoms with E-state index in [-0.39, 0.29) is 5.91 Å². The van der Waals surface area contributed by atoms with Crippen molar-refractivity contribution in [2.24, 2.45) is 0 Å². The Balaban J connectivity index is 2.02. The van der Waals surface area contributed by atoms with Crippen molar-refractivity contribution >= 4 is 23.2 Å². The number of rotatable bonds is 5. The van der Waals surface area contributed by atoms with Gasteiger partial charge in [0.1, 0.15) is 0 Å². The third kappa shape index (κ3) is 2.99. The van der Waals surface area contributed by atoms with Gasteiger partial charge in [-0.05, 0) is 18.1 Å². The van der Waals surface area contributed by atoms with Gasteiger partial charge < -0.3 is 9.64 Å². The lowest BCUT2D eigenvalue weighted by Gasteiger charge is -2.29. The van der Waals surface area contributed by atoms with E-state index in [9.17, 15) is 4.79 Å². The van der Waals surface area contributed by atoms with Gasteiger partial charge in [-0.1, -0.05) is 18.2 Å². The first-order valence-corrected chi connectivity index (χ1v) is 6.38. The number of carbonyl (C=O) groups is 1. The first-order valence-electron chi connectivity index (χ1n) is 5.85. The second-order valence-electron chi connectivity index (χ2n) is 3.98. The molecule has 0 aromatic heterocycles. The zero-order valence-electron chi connectivity index (χ0n) is 9.69. The quantitative estimate of drug-likeness (QED) is 0.595. The van der Waals surface area contributed by atoms with E-state index >= 15 is 0 Å². The SMILES string of the molecule is O=C1CCc2ccccc2N1CCOCCCl. The molecule has 1 heterocycles. The molecule has 1 aliphatic rings. The summed E-state index contributed by atoms with van der Waals surface area (Å²) in [7, 11) is 0. The zero-order valence-corrected chi connectivity index (χ0v) is 10.4. The number of ether oxygens (including phenoxy) is 1. The summed E-state index contributed by atoms with van der Waals surface area (Å²) in [5.74, 6) is 0.669. The van der Waals surface area contributed by atoms with Crippen LogP contribution in [0.5, 0.6) is 0 Å². The predicted octanol–water partition coefficient (Wildman–Crippen LogP) is 2.22. The maximum atomic E-state index is 11.9. The molecule has 0 saturated heterocycles. The Hall–Kier alpha value is -1.06. The van der Waals surface area contributed by atoms with Crippen molar-refractivity contribution in [3.05, 3.63) is 29.8 Å². The molecule has 0 radical (unpaired) electrons. The molecule has 0 saturated carbocycles. The van der Waals surface area contributed by atoms with E-state index in [0.29, 0.717) is 32.1 Å². The van der Waals surface area contributed by atoms with Crippen molar-refractivity contribution in [2.75, 3.05) is 30.5 Å². The minimum atomic E-state index is 0.179. The summed E-state index contributed by atoms with van der Waals surface area (Å²) < 4.78 is 5.32. The number of fused-ring (bicyclic) bond motifs is 1. The highest BCUT2D eigenvalue weighted by Crippen LogP contribution is 2.26. The maximum absolute atomic E-state index is 11.9. The summed E-state index contributed by atoms with van der Waals surface area (Å²) in [6.07, 6.45) is 1.43. The van der Waals surface area contributed by atoms with Crippen molar-refractivity contribution in [1.82, 2.24) is 0 Å². The molecule has 0 bridgehead atoms. The van der Waals surface area contributed by atoms with Crippen LogP contribution >= 0.6 is 11.6 Å². The smallest absolute Gasteiger partial charge is 0.227 e. The van der Waals surface area contributed by atoms with E-state index in [2.05, 4.69) is 6.07 Å². The predicted molar refractivity (Wildman–Crippen MR) is 68.7 cm³/mol. The molecule has 1 aromatic carbocycles. The van der Waals surface area contributed by atoms with Crippen molar-refractivity contribution < 1.29 is 9.53 Å². The number of anilines is 1. The molecule has 0 spiro atoms. The van der Waals surface area contributed by atoms with E-state index in [1.54, 1.807) is 0 Å². The number of amides is 1. The number of benzene rings is 1. The highest BCUT2D eigenvalue weighted by atomic mass is 35.5. The standard InChI is InChI=1S/C13H16ClNO2/c14-7-9-17-10-8-15-12-4-2-1-3-11(12)5-6-13(15)16/h1-4H,5-10H2. The van der Waals surface area contributed by atoms with E-state index in [1.807, 2.05) is 23.1 Å². The van der Waals surface area contributed by atoms with E-state index < -0.39 is 0 Å². The van der Waals surface area contributed by atoms with Gasteiger partial charge in [0.05, 0.1) is 13.2 Å². The van der Waals surface area contributed by atoms with Crippen molar-refractivity contribution in [1.29, 1.82) is 0 Å². The van der Waals surface area contributed by atoms with Crippen LogP contribution in [0, 0.1) is 0 Å². The second-order valence-corrected chi connectivity index (χ2v) is 4.35. The van der Waals surface area contributed by atoms with Gasteiger partial charge in [-0.2, -0.15) is 0 Å².